The molecule has 4 aromatic rings. The number of ether oxygens (including phenoxy) is 2. The molecule has 0 bridgehead atoms. The Hall–Kier alpha value is -3.39. The van der Waals surface area contributed by atoms with E-state index in [1.807, 2.05) is 30.3 Å². The Morgan fingerprint density at radius 1 is 0.968 bits per heavy atom. The third kappa shape index (κ3) is 4.39. The molecule has 0 spiro atoms. The van der Waals surface area contributed by atoms with Crippen LogP contribution in [0, 0.1) is 0 Å². The molecule has 0 radical (unpaired) electrons. The fraction of sp³-hybridized carbons (Fsp3) is 0.217. The lowest BCUT2D eigenvalue weighted by Crippen LogP contribution is -2.19. The summed E-state index contributed by atoms with van der Waals surface area (Å²) in [6, 6.07) is 14.1. The molecule has 1 aliphatic heterocycles. The van der Waals surface area contributed by atoms with Gasteiger partial charge in [-0.3, -0.25) is 4.98 Å². The normalized spacial score (nSPS) is 13.3. The maximum absolute atomic E-state index is 5.79. The van der Waals surface area contributed by atoms with E-state index in [4.69, 9.17) is 9.47 Å². The molecule has 31 heavy (non-hydrogen) atoms. The Bertz CT molecular complexity index is 1200. The minimum absolute atomic E-state index is 0. The van der Waals surface area contributed by atoms with Crippen molar-refractivity contribution in [2.45, 2.75) is 12.8 Å². The molecule has 0 amide bonds. The summed E-state index contributed by atoms with van der Waals surface area (Å²) < 4.78 is 11.4. The molecule has 0 aliphatic carbocycles. The third-order valence-corrected chi connectivity index (χ3v) is 5.16. The second kappa shape index (κ2) is 9.18. The SMILES string of the molecule is C[C@H](CNc1cc(-c2ccc3ncccc3c2)ncn1)c1ccnc2c1OCCO2.S. The second-order valence-electron chi connectivity index (χ2n) is 7.21. The molecule has 8 heteroatoms. The van der Waals surface area contributed by atoms with Crippen LogP contribution in [0.5, 0.6) is 11.6 Å². The number of anilines is 1. The fourth-order valence-corrected chi connectivity index (χ4v) is 3.58. The average molecular weight is 434 g/mol. The molecule has 3 aromatic heterocycles. The number of aromatic nitrogens is 4. The lowest BCUT2D eigenvalue weighted by molar-refractivity contribution is 0.162. The molecule has 1 aliphatic rings. The number of pyridine rings is 2. The van der Waals surface area contributed by atoms with Gasteiger partial charge in [-0.1, -0.05) is 19.1 Å². The van der Waals surface area contributed by atoms with E-state index < -0.39 is 0 Å². The summed E-state index contributed by atoms with van der Waals surface area (Å²) >= 11 is 0. The predicted octanol–water partition coefficient (Wildman–Crippen LogP) is 4.19. The summed E-state index contributed by atoms with van der Waals surface area (Å²) in [4.78, 5) is 17.4. The van der Waals surface area contributed by atoms with Gasteiger partial charge in [0.25, 0.3) is 5.88 Å². The van der Waals surface area contributed by atoms with Gasteiger partial charge in [0.2, 0.25) is 0 Å². The monoisotopic (exact) mass is 433 g/mol. The Morgan fingerprint density at radius 2 is 1.87 bits per heavy atom. The minimum Gasteiger partial charge on any atom is -0.484 e. The number of rotatable bonds is 5. The highest BCUT2D eigenvalue weighted by Crippen LogP contribution is 2.35. The molecule has 1 atom stereocenters. The Kier molecular flexibility index (Phi) is 6.18. The van der Waals surface area contributed by atoms with E-state index >= 15 is 0 Å². The third-order valence-electron chi connectivity index (χ3n) is 5.16. The van der Waals surface area contributed by atoms with E-state index in [0.717, 1.165) is 39.3 Å². The highest BCUT2D eigenvalue weighted by atomic mass is 32.1. The van der Waals surface area contributed by atoms with Crippen LogP contribution in [0.3, 0.4) is 0 Å². The molecule has 0 fully saturated rings. The smallest absolute Gasteiger partial charge is 0.257 e. The topological polar surface area (TPSA) is 82.1 Å². The summed E-state index contributed by atoms with van der Waals surface area (Å²) in [5.74, 6) is 2.28. The van der Waals surface area contributed by atoms with Gasteiger partial charge in [-0.25, -0.2) is 15.0 Å². The van der Waals surface area contributed by atoms with Crippen LogP contribution in [-0.4, -0.2) is 39.7 Å². The summed E-state index contributed by atoms with van der Waals surface area (Å²) in [5.41, 5.74) is 3.93. The summed E-state index contributed by atoms with van der Waals surface area (Å²) in [5, 5.41) is 4.50. The van der Waals surface area contributed by atoms with Gasteiger partial charge in [0.05, 0.1) is 11.2 Å². The molecule has 4 heterocycles. The number of benzene rings is 1. The van der Waals surface area contributed by atoms with Gasteiger partial charge in [-0.2, -0.15) is 13.5 Å². The van der Waals surface area contributed by atoms with Crippen LogP contribution in [0.25, 0.3) is 22.2 Å². The molecule has 5 rings (SSSR count). The highest BCUT2D eigenvalue weighted by Gasteiger charge is 2.20. The fourth-order valence-electron chi connectivity index (χ4n) is 3.58. The Labute approximate surface area is 187 Å². The zero-order valence-corrected chi connectivity index (χ0v) is 18.1. The molecule has 0 unspecified atom stereocenters. The number of hydrogen-bond acceptors (Lipinski definition) is 7. The Balaban J connectivity index is 0.00000231. The molecular formula is C23H23N5O2S. The Morgan fingerprint density at radius 3 is 2.81 bits per heavy atom. The number of fused-ring (bicyclic) bond motifs is 2. The van der Waals surface area contributed by atoms with Crippen LogP contribution >= 0.6 is 13.5 Å². The molecule has 7 nitrogen and oxygen atoms in total. The first-order chi connectivity index (χ1) is 14.8. The minimum atomic E-state index is 0. The van der Waals surface area contributed by atoms with E-state index in [1.54, 1.807) is 18.7 Å². The number of hydrogen-bond donors (Lipinski definition) is 1. The van der Waals surface area contributed by atoms with Gasteiger partial charge >= 0.3 is 0 Å². The first-order valence-electron chi connectivity index (χ1n) is 9.93. The average Bonchev–Trinajstić information content (AvgIpc) is 2.82. The first-order valence-corrected chi connectivity index (χ1v) is 9.93. The van der Waals surface area contributed by atoms with Crippen LogP contribution < -0.4 is 14.8 Å². The number of nitrogens with one attached hydrogen (secondary N) is 1. The maximum atomic E-state index is 5.79. The molecule has 0 saturated heterocycles. The van der Waals surface area contributed by atoms with Gasteiger partial charge in [0.1, 0.15) is 25.4 Å². The van der Waals surface area contributed by atoms with Gasteiger partial charge in [-0.15, -0.1) is 0 Å². The van der Waals surface area contributed by atoms with Crippen LogP contribution in [-0.2, 0) is 0 Å². The summed E-state index contributed by atoms with van der Waals surface area (Å²) in [7, 11) is 0. The van der Waals surface area contributed by atoms with Crippen LogP contribution in [0.1, 0.15) is 18.4 Å². The van der Waals surface area contributed by atoms with Crippen molar-refractivity contribution in [3.63, 3.8) is 0 Å². The van der Waals surface area contributed by atoms with Gasteiger partial charge in [0.15, 0.2) is 5.75 Å². The van der Waals surface area contributed by atoms with E-state index in [0.29, 0.717) is 25.6 Å². The molecular weight excluding hydrogens is 410 g/mol. The molecule has 0 saturated carbocycles. The van der Waals surface area contributed by atoms with E-state index in [2.05, 4.69) is 44.3 Å². The van der Waals surface area contributed by atoms with Crippen molar-refractivity contribution < 1.29 is 9.47 Å². The zero-order chi connectivity index (χ0) is 20.3. The van der Waals surface area contributed by atoms with Crippen molar-refractivity contribution in [3.05, 3.63) is 66.7 Å². The van der Waals surface area contributed by atoms with E-state index in [9.17, 15) is 0 Å². The van der Waals surface area contributed by atoms with Crippen molar-refractivity contribution in [1.82, 2.24) is 19.9 Å². The quantitative estimate of drug-likeness (QED) is 0.505. The van der Waals surface area contributed by atoms with Crippen molar-refractivity contribution in [2.75, 3.05) is 25.1 Å². The first kappa shape index (κ1) is 20.9. The maximum Gasteiger partial charge on any atom is 0.257 e. The van der Waals surface area contributed by atoms with Crippen LogP contribution in [0.4, 0.5) is 5.82 Å². The lowest BCUT2D eigenvalue weighted by atomic mass is 10.0. The second-order valence-corrected chi connectivity index (χ2v) is 7.21. The van der Waals surface area contributed by atoms with Crippen molar-refractivity contribution in [3.8, 4) is 22.9 Å². The van der Waals surface area contributed by atoms with Crippen LogP contribution in [0.2, 0.25) is 0 Å². The van der Waals surface area contributed by atoms with E-state index in [-0.39, 0.29) is 19.4 Å². The van der Waals surface area contributed by atoms with E-state index in [1.165, 1.54) is 0 Å². The largest absolute Gasteiger partial charge is 0.484 e. The molecule has 1 aromatic carbocycles. The standard InChI is InChI=1S/C23H21N5O2.H2S/c1-15(18-6-8-25-23-22(18)29-9-10-30-23)13-26-21-12-20(27-14-28-21)17-4-5-19-16(11-17)3-2-7-24-19;/h2-8,11-12,14-15H,9-10,13H2,1H3,(H,26,27,28);1H2/t15-;/m1./s1. The van der Waals surface area contributed by atoms with Gasteiger partial charge in [0, 0.05) is 47.4 Å². The number of nitrogens with zero attached hydrogens (tertiary/aromatic N) is 4. The zero-order valence-electron chi connectivity index (χ0n) is 17.1. The lowest BCUT2D eigenvalue weighted by Gasteiger charge is -2.22. The van der Waals surface area contributed by atoms with Crippen molar-refractivity contribution in [1.29, 1.82) is 0 Å². The molecule has 1 N–H and O–H groups in total. The van der Waals surface area contributed by atoms with Gasteiger partial charge in [-0.05, 0) is 24.3 Å². The summed E-state index contributed by atoms with van der Waals surface area (Å²) in [6.07, 6.45) is 5.14. The highest BCUT2D eigenvalue weighted by molar-refractivity contribution is 7.59. The predicted molar refractivity (Wildman–Crippen MR) is 125 cm³/mol. The van der Waals surface area contributed by atoms with Crippen molar-refractivity contribution >= 4 is 30.2 Å². The molecule has 158 valence electrons. The summed E-state index contributed by atoms with van der Waals surface area (Å²) in [6.45, 7) is 3.91. The van der Waals surface area contributed by atoms with Gasteiger partial charge < -0.3 is 14.8 Å². The van der Waals surface area contributed by atoms with Crippen molar-refractivity contribution in [2.24, 2.45) is 0 Å². The van der Waals surface area contributed by atoms with Crippen LogP contribution in [0.15, 0.2) is 61.2 Å².